The Bertz CT molecular complexity index is 1210. The fourth-order valence-electron chi connectivity index (χ4n) is 4.67. The van der Waals surface area contributed by atoms with Crippen molar-refractivity contribution >= 4 is 22.7 Å². The van der Waals surface area contributed by atoms with Gasteiger partial charge in [0.15, 0.2) is 17.1 Å². The standard InChI is InChI=1S/C25H27FN4O3S/c1-6-14(2)33-21-12-28-22(15(3)29-21)19(31)10-16-7-8-18(26)17(9-16)24(4)20-11-25(20,13-32-5)34-23(27)30-24/h1,7-9,12,14,20H,10-11,13H2,2-5H3,(H2,27,30)/t14-,20-,24+,25+/m0/s1. The van der Waals surface area contributed by atoms with E-state index in [-0.39, 0.29) is 40.3 Å². The van der Waals surface area contributed by atoms with Crippen molar-refractivity contribution in [1.82, 2.24) is 9.97 Å². The Hall–Kier alpha value is -2.96. The molecule has 1 aliphatic heterocycles. The number of aliphatic imine (C=N–C) groups is 1. The molecule has 0 bridgehead atoms. The zero-order valence-electron chi connectivity index (χ0n) is 19.6. The second-order valence-corrected chi connectivity index (χ2v) is 10.4. The van der Waals surface area contributed by atoms with E-state index in [0.29, 0.717) is 28.6 Å². The van der Waals surface area contributed by atoms with Crippen molar-refractivity contribution in [1.29, 1.82) is 0 Å². The van der Waals surface area contributed by atoms with E-state index >= 15 is 4.39 Å². The number of carbonyl (C=O) groups excluding carboxylic acids is 1. The third-order valence-corrected chi connectivity index (χ3v) is 7.68. The molecule has 0 unspecified atom stereocenters. The predicted octanol–water partition coefficient (Wildman–Crippen LogP) is 3.43. The summed E-state index contributed by atoms with van der Waals surface area (Å²) in [6, 6.07) is 4.70. The fourth-order valence-corrected chi connectivity index (χ4v) is 6.13. The van der Waals surface area contributed by atoms with Crippen molar-refractivity contribution in [2.75, 3.05) is 13.7 Å². The molecule has 9 heteroatoms. The molecule has 7 nitrogen and oxygen atoms in total. The SMILES string of the molecule is C#C[C@H](C)Oc1cnc(C(=O)Cc2ccc(F)c([C@@]3(C)N=C(N)S[C@@]4(COC)C[C@H]43)c2)c(C)n1. The molecule has 0 spiro atoms. The summed E-state index contributed by atoms with van der Waals surface area (Å²) < 4.78 is 25.7. The highest BCUT2D eigenvalue weighted by molar-refractivity contribution is 8.15. The van der Waals surface area contributed by atoms with Crippen LogP contribution in [0.3, 0.4) is 0 Å². The van der Waals surface area contributed by atoms with Crippen LogP contribution in [-0.2, 0) is 16.7 Å². The molecular formula is C25H27FN4O3S. The zero-order chi connectivity index (χ0) is 24.7. The van der Waals surface area contributed by atoms with E-state index in [4.69, 9.17) is 21.6 Å². The molecule has 1 aliphatic carbocycles. The molecule has 2 N–H and O–H groups in total. The number of halogens is 1. The number of hydrogen-bond acceptors (Lipinski definition) is 8. The Morgan fingerprint density at radius 2 is 2.24 bits per heavy atom. The van der Waals surface area contributed by atoms with Gasteiger partial charge in [0, 0.05) is 25.0 Å². The zero-order valence-corrected chi connectivity index (χ0v) is 20.4. The number of methoxy groups -OCH3 is 1. The first-order chi connectivity index (χ1) is 16.1. The molecule has 4 atom stereocenters. The second-order valence-electron chi connectivity index (χ2n) is 8.94. The summed E-state index contributed by atoms with van der Waals surface area (Å²) in [5.41, 5.74) is 7.06. The van der Waals surface area contributed by atoms with Gasteiger partial charge in [0.2, 0.25) is 5.88 Å². The fraction of sp³-hybridized carbons (Fsp3) is 0.440. The number of nitrogens with two attached hydrogens (primary N) is 1. The number of amidine groups is 1. The van der Waals surface area contributed by atoms with E-state index in [0.717, 1.165) is 6.42 Å². The van der Waals surface area contributed by atoms with Crippen LogP contribution in [0.25, 0.3) is 0 Å². The van der Waals surface area contributed by atoms with Crippen LogP contribution >= 0.6 is 11.8 Å². The quantitative estimate of drug-likeness (QED) is 0.455. The highest BCUT2D eigenvalue weighted by Gasteiger charge is 2.66. The summed E-state index contributed by atoms with van der Waals surface area (Å²) >= 11 is 1.50. The van der Waals surface area contributed by atoms with E-state index in [1.807, 2.05) is 6.92 Å². The molecule has 2 heterocycles. The van der Waals surface area contributed by atoms with Crippen molar-refractivity contribution in [2.24, 2.45) is 16.6 Å². The molecule has 1 aromatic carbocycles. The minimum atomic E-state index is -0.834. The molecule has 1 aromatic heterocycles. The van der Waals surface area contributed by atoms with Crippen molar-refractivity contribution in [2.45, 2.75) is 50.0 Å². The Kier molecular flexibility index (Phi) is 6.40. The monoisotopic (exact) mass is 482 g/mol. The minimum Gasteiger partial charge on any atom is -0.460 e. The Morgan fingerprint density at radius 1 is 1.47 bits per heavy atom. The number of nitrogens with zero attached hydrogens (tertiary/aromatic N) is 3. The average molecular weight is 483 g/mol. The first-order valence-corrected chi connectivity index (χ1v) is 11.8. The van der Waals surface area contributed by atoms with Crippen molar-refractivity contribution in [3.8, 4) is 18.2 Å². The molecule has 0 amide bonds. The van der Waals surface area contributed by atoms with Gasteiger partial charge in [0.05, 0.1) is 28.8 Å². The first kappa shape index (κ1) is 24.2. The van der Waals surface area contributed by atoms with Gasteiger partial charge in [-0.3, -0.25) is 9.79 Å². The van der Waals surface area contributed by atoms with E-state index in [1.165, 1.54) is 24.0 Å². The number of rotatable bonds is 8. The number of aryl methyl sites for hydroxylation is 1. The maximum absolute atomic E-state index is 15.0. The van der Waals surface area contributed by atoms with Crippen LogP contribution in [0.4, 0.5) is 4.39 Å². The number of thioether (sulfide) groups is 1. The minimum absolute atomic E-state index is 0.0433. The van der Waals surface area contributed by atoms with E-state index in [1.54, 1.807) is 33.1 Å². The van der Waals surface area contributed by atoms with Crippen LogP contribution < -0.4 is 10.5 Å². The summed E-state index contributed by atoms with van der Waals surface area (Å²) in [5, 5.41) is 0.418. The molecular weight excluding hydrogens is 455 g/mol. The maximum atomic E-state index is 15.0. The van der Waals surface area contributed by atoms with Crippen LogP contribution in [0.2, 0.25) is 0 Å². The topological polar surface area (TPSA) is 99.7 Å². The van der Waals surface area contributed by atoms with Gasteiger partial charge in [-0.05, 0) is 44.9 Å². The summed E-state index contributed by atoms with van der Waals surface area (Å²) in [6.07, 6.45) is 7.12. The Morgan fingerprint density at radius 3 is 2.91 bits per heavy atom. The molecule has 4 rings (SSSR count). The number of carbonyl (C=O) groups is 1. The van der Waals surface area contributed by atoms with E-state index < -0.39 is 11.6 Å². The number of hydrogen-bond donors (Lipinski definition) is 1. The van der Waals surface area contributed by atoms with Crippen molar-refractivity contribution in [3.63, 3.8) is 0 Å². The summed E-state index contributed by atoms with van der Waals surface area (Å²) in [5.74, 6) is 2.19. The highest BCUT2D eigenvalue weighted by atomic mass is 32.2. The number of ketones is 1. The Balaban J connectivity index is 1.58. The highest BCUT2D eigenvalue weighted by Crippen LogP contribution is 2.65. The van der Waals surface area contributed by atoms with Crippen LogP contribution in [-0.4, -0.2) is 45.5 Å². The largest absolute Gasteiger partial charge is 0.460 e. The average Bonchev–Trinajstić information content (AvgIpc) is 3.49. The second kappa shape index (κ2) is 9.01. The van der Waals surface area contributed by atoms with Gasteiger partial charge in [-0.25, -0.2) is 14.4 Å². The number of aromatic nitrogens is 2. The Labute approximate surface area is 202 Å². The lowest BCUT2D eigenvalue weighted by Crippen LogP contribution is -2.37. The van der Waals surface area contributed by atoms with Gasteiger partial charge in [-0.1, -0.05) is 23.7 Å². The summed E-state index contributed by atoms with van der Waals surface area (Å²) in [4.78, 5) is 26.2. The van der Waals surface area contributed by atoms with Crippen LogP contribution in [0.1, 0.15) is 47.6 Å². The van der Waals surface area contributed by atoms with Gasteiger partial charge in [0.1, 0.15) is 11.5 Å². The molecule has 2 aromatic rings. The smallest absolute Gasteiger partial charge is 0.233 e. The predicted molar refractivity (Wildman–Crippen MR) is 129 cm³/mol. The summed E-state index contributed by atoms with van der Waals surface area (Å²) in [7, 11) is 1.65. The van der Waals surface area contributed by atoms with Gasteiger partial charge < -0.3 is 15.2 Å². The normalized spacial score (nSPS) is 26.1. The van der Waals surface area contributed by atoms with E-state index in [2.05, 4.69) is 20.9 Å². The van der Waals surface area contributed by atoms with Gasteiger partial charge in [-0.15, -0.1) is 6.42 Å². The lowest BCUT2D eigenvalue weighted by molar-refractivity contribution is 0.0986. The van der Waals surface area contributed by atoms with Gasteiger partial charge in [0.25, 0.3) is 0 Å². The third kappa shape index (κ3) is 4.40. The first-order valence-electron chi connectivity index (χ1n) is 10.9. The number of Topliss-reactive ketones (excluding diaryl/α,β-unsaturated/α-hetero) is 1. The molecule has 0 radical (unpaired) electrons. The molecule has 0 saturated heterocycles. The third-order valence-electron chi connectivity index (χ3n) is 6.40. The number of benzene rings is 1. The van der Waals surface area contributed by atoms with Crippen molar-refractivity contribution in [3.05, 3.63) is 52.7 Å². The molecule has 34 heavy (non-hydrogen) atoms. The van der Waals surface area contributed by atoms with Gasteiger partial charge in [-0.2, -0.15) is 0 Å². The number of ether oxygens (including phenoxy) is 2. The van der Waals surface area contributed by atoms with E-state index in [9.17, 15) is 4.79 Å². The van der Waals surface area contributed by atoms with Crippen LogP contribution in [0.5, 0.6) is 5.88 Å². The molecule has 178 valence electrons. The van der Waals surface area contributed by atoms with Crippen molar-refractivity contribution < 1.29 is 18.7 Å². The van der Waals surface area contributed by atoms with Crippen LogP contribution in [0.15, 0.2) is 29.4 Å². The molecule has 1 saturated carbocycles. The molecule has 2 aliphatic rings. The lowest BCUT2D eigenvalue weighted by Gasteiger charge is -2.34. The lowest BCUT2D eigenvalue weighted by atomic mass is 9.84. The number of fused-ring (bicyclic) bond motifs is 1. The maximum Gasteiger partial charge on any atom is 0.233 e. The summed E-state index contributed by atoms with van der Waals surface area (Å²) in [6.45, 7) is 5.82. The van der Waals surface area contributed by atoms with Gasteiger partial charge >= 0.3 is 0 Å². The number of terminal acetylenes is 1. The molecule has 1 fully saturated rings. The van der Waals surface area contributed by atoms with Crippen LogP contribution in [0, 0.1) is 31.0 Å².